The van der Waals surface area contributed by atoms with Gasteiger partial charge in [0.2, 0.25) is 11.8 Å². The molecule has 2 aromatic rings. The van der Waals surface area contributed by atoms with Crippen molar-refractivity contribution in [1.29, 1.82) is 0 Å². The molecule has 1 atom stereocenters. The van der Waals surface area contributed by atoms with Crippen LogP contribution in [0.1, 0.15) is 36.3 Å². The number of aliphatic imine (C=N–C) groups is 1. The van der Waals surface area contributed by atoms with E-state index in [0.29, 0.717) is 36.7 Å². The molecule has 3 heterocycles. The largest absolute Gasteiger partial charge is 0.368 e. The summed E-state index contributed by atoms with van der Waals surface area (Å²) in [5.41, 5.74) is 2.63. The Hall–Kier alpha value is -3.33. The number of amides is 2. The van der Waals surface area contributed by atoms with Gasteiger partial charge in [-0.3, -0.25) is 14.6 Å². The number of anilines is 2. The van der Waals surface area contributed by atoms with Crippen LogP contribution in [0.5, 0.6) is 0 Å². The molecule has 0 fully saturated rings. The van der Waals surface area contributed by atoms with Crippen molar-refractivity contribution in [2.45, 2.75) is 31.7 Å². The van der Waals surface area contributed by atoms with Crippen LogP contribution < -0.4 is 10.6 Å². The summed E-state index contributed by atoms with van der Waals surface area (Å²) in [6, 6.07) is 8.02. The smallest absolute Gasteiger partial charge is 0.238 e. The maximum Gasteiger partial charge on any atom is 0.238 e. The molecular formula is C23H29N7O2. The maximum atomic E-state index is 12.6. The Morgan fingerprint density at radius 2 is 1.91 bits per heavy atom. The number of aromatic nitrogens is 2. The number of benzene rings is 1. The lowest BCUT2D eigenvalue weighted by molar-refractivity contribution is -0.129. The third-order valence-corrected chi connectivity index (χ3v) is 5.80. The van der Waals surface area contributed by atoms with Crippen molar-refractivity contribution in [3.05, 3.63) is 41.7 Å². The van der Waals surface area contributed by atoms with E-state index in [1.54, 1.807) is 11.1 Å². The number of hydrogen-bond acceptors (Lipinski definition) is 7. The van der Waals surface area contributed by atoms with E-state index in [9.17, 15) is 9.59 Å². The highest BCUT2D eigenvalue weighted by Gasteiger charge is 2.33. The molecular weight excluding hydrogens is 406 g/mol. The Morgan fingerprint density at radius 3 is 2.78 bits per heavy atom. The summed E-state index contributed by atoms with van der Waals surface area (Å²) in [7, 11) is 3.90. The van der Waals surface area contributed by atoms with Crippen LogP contribution in [-0.2, 0) is 16.1 Å². The number of hydrogen-bond donors (Lipinski definition) is 2. The molecule has 1 aromatic carbocycles. The van der Waals surface area contributed by atoms with Crippen LogP contribution in [0.4, 0.5) is 17.3 Å². The lowest BCUT2D eigenvalue weighted by Crippen LogP contribution is -2.31. The average Bonchev–Trinajstić information content (AvgIpc) is 3.10. The van der Waals surface area contributed by atoms with Gasteiger partial charge in [-0.15, -0.1) is 0 Å². The second-order valence-corrected chi connectivity index (χ2v) is 8.34. The van der Waals surface area contributed by atoms with E-state index >= 15 is 0 Å². The number of nitrogens with one attached hydrogen (secondary N) is 2. The van der Waals surface area contributed by atoms with Crippen molar-refractivity contribution in [1.82, 2.24) is 19.8 Å². The summed E-state index contributed by atoms with van der Waals surface area (Å²) in [6.07, 6.45) is 5.45. The van der Waals surface area contributed by atoms with Gasteiger partial charge in [0, 0.05) is 39.3 Å². The second-order valence-electron chi connectivity index (χ2n) is 8.34. The quantitative estimate of drug-likeness (QED) is 0.659. The topological polar surface area (TPSA) is 103 Å². The zero-order valence-corrected chi connectivity index (χ0v) is 18.5. The van der Waals surface area contributed by atoms with Crippen LogP contribution in [0.3, 0.4) is 0 Å². The summed E-state index contributed by atoms with van der Waals surface area (Å²) in [4.78, 5) is 42.2. The van der Waals surface area contributed by atoms with Gasteiger partial charge in [0.15, 0.2) is 0 Å². The maximum absolute atomic E-state index is 12.6. The molecule has 168 valence electrons. The highest BCUT2D eigenvalue weighted by atomic mass is 16.2. The monoisotopic (exact) mass is 435 g/mol. The Balaban J connectivity index is 1.62. The van der Waals surface area contributed by atoms with E-state index < -0.39 is 5.92 Å². The number of fused-ring (bicyclic) bond motifs is 2. The molecule has 0 radical (unpaired) electrons. The molecule has 2 aliphatic rings. The van der Waals surface area contributed by atoms with E-state index in [1.807, 2.05) is 25.2 Å². The lowest BCUT2D eigenvalue weighted by atomic mass is 10.0. The minimum Gasteiger partial charge on any atom is -0.368 e. The first-order chi connectivity index (χ1) is 15.5. The zero-order chi connectivity index (χ0) is 22.5. The third kappa shape index (κ3) is 5.11. The molecule has 9 heteroatoms. The Morgan fingerprint density at radius 1 is 1.06 bits per heavy atom. The van der Waals surface area contributed by atoms with E-state index in [0.717, 1.165) is 37.2 Å². The van der Waals surface area contributed by atoms with Gasteiger partial charge < -0.3 is 20.4 Å². The molecule has 2 N–H and O–H groups in total. The fourth-order valence-corrected chi connectivity index (χ4v) is 4.00. The van der Waals surface area contributed by atoms with Gasteiger partial charge in [-0.2, -0.15) is 0 Å². The fourth-order valence-electron chi connectivity index (χ4n) is 4.00. The number of likely N-dealkylation sites (N-methyl/N-ethyl adjacent to an activating group) is 1. The van der Waals surface area contributed by atoms with Crippen LogP contribution in [0.15, 0.2) is 35.6 Å². The first-order valence-electron chi connectivity index (χ1n) is 11.0. The van der Waals surface area contributed by atoms with Crippen LogP contribution in [0.2, 0.25) is 0 Å². The summed E-state index contributed by atoms with van der Waals surface area (Å²) >= 11 is 0. The van der Waals surface area contributed by atoms with Gasteiger partial charge >= 0.3 is 0 Å². The molecule has 4 rings (SSSR count). The summed E-state index contributed by atoms with van der Waals surface area (Å²) in [5, 5.41) is 6.08. The highest BCUT2D eigenvalue weighted by molar-refractivity contribution is 6.13. The molecule has 9 nitrogen and oxygen atoms in total. The van der Waals surface area contributed by atoms with Crippen molar-refractivity contribution in [2.75, 3.05) is 44.4 Å². The molecule has 0 saturated carbocycles. The van der Waals surface area contributed by atoms with E-state index in [2.05, 4.69) is 43.6 Å². The zero-order valence-electron chi connectivity index (χ0n) is 18.5. The molecule has 0 saturated heterocycles. The normalized spacial score (nSPS) is 20.6. The molecule has 0 spiro atoms. The van der Waals surface area contributed by atoms with Gasteiger partial charge in [0.05, 0.1) is 11.3 Å². The predicted octanol–water partition coefficient (Wildman–Crippen LogP) is 2.40. The molecule has 1 aromatic heterocycles. The van der Waals surface area contributed by atoms with Crippen molar-refractivity contribution in [3.8, 4) is 0 Å². The molecule has 32 heavy (non-hydrogen) atoms. The molecule has 1 unspecified atom stereocenters. The van der Waals surface area contributed by atoms with Crippen molar-refractivity contribution < 1.29 is 9.59 Å². The van der Waals surface area contributed by atoms with E-state index in [-0.39, 0.29) is 11.8 Å². The number of rotatable bonds is 0. The average molecular weight is 436 g/mol. The Bertz CT molecular complexity index is 1020. The number of carbonyl (C=O) groups excluding carboxylic acids is 2. The first kappa shape index (κ1) is 21.9. The fraction of sp³-hybridized carbons (Fsp3) is 0.435. The molecule has 0 aliphatic carbocycles. The highest BCUT2D eigenvalue weighted by Crippen LogP contribution is 2.34. The lowest BCUT2D eigenvalue weighted by Gasteiger charge is -2.19. The Kier molecular flexibility index (Phi) is 6.75. The third-order valence-electron chi connectivity index (χ3n) is 5.80. The van der Waals surface area contributed by atoms with Crippen molar-refractivity contribution >= 4 is 35.4 Å². The van der Waals surface area contributed by atoms with Gasteiger partial charge in [-0.1, -0.05) is 12.1 Å². The summed E-state index contributed by atoms with van der Waals surface area (Å²) in [6.45, 7) is 2.79. The summed E-state index contributed by atoms with van der Waals surface area (Å²) < 4.78 is 0. The van der Waals surface area contributed by atoms with E-state index in [4.69, 9.17) is 0 Å². The van der Waals surface area contributed by atoms with Crippen LogP contribution >= 0.6 is 0 Å². The van der Waals surface area contributed by atoms with Crippen LogP contribution in [-0.4, -0.2) is 71.5 Å². The molecule has 2 amide bonds. The van der Waals surface area contributed by atoms with Gasteiger partial charge in [0.1, 0.15) is 23.9 Å². The van der Waals surface area contributed by atoms with Crippen LogP contribution in [0, 0.1) is 0 Å². The molecule has 2 bridgehead atoms. The molecule has 2 aliphatic heterocycles. The van der Waals surface area contributed by atoms with Gasteiger partial charge in [-0.25, -0.2) is 9.97 Å². The minimum absolute atomic E-state index is 0.134. The Labute approximate surface area is 187 Å². The number of carbonyl (C=O) groups is 2. The SMILES string of the molecule is CN1CCCCC(=O)N(C)CCNc2ncnc3c2C(C=Nc2cccc(c2)C1)C(=O)N3. The van der Waals surface area contributed by atoms with Gasteiger partial charge in [-0.05, 0) is 44.1 Å². The van der Waals surface area contributed by atoms with Gasteiger partial charge in [0.25, 0.3) is 0 Å². The second kappa shape index (κ2) is 9.86. The van der Waals surface area contributed by atoms with Crippen molar-refractivity contribution in [3.63, 3.8) is 0 Å². The van der Waals surface area contributed by atoms with Crippen molar-refractivity contribution in [2.24, 2.45) is 4.99 Å². The van der Waals surface area contributed by atoms with Crippen LogP contribution in [0.25, 0.3) is 0 Å². The van der Waals surface area contributed by atoms with E-state index in [1.165, 1.54) is 6.33 Å². The standard InChI is InChI=1S/C23H29N7O2/c1-29-10-4-3-8-19(31)30(2)11-9-24-21-20-18(23(32)28-22(20)27-15-26-21)13-25-17-7-5-6-16(12-17)14-29/h5-7,12-13,15,18H,3-4,8-11,14H2,1-2H3,(H2,24,26,27,28,32). The number of nitrogens with zero attached hydrogens (tertiary/aromatic N) is 5. The first-order valence-corrected chi connectivity index (χ1v) is 11.0. The summed E-state index contributed by atoms with van der Waals surface area (Å²) in [5.74, 6) is 0.450. The minimum atomic E-state index is -0.582. The predicted molar refractivity (Wildman–Crippen MR) is 124 cm³/mol.